The maximum absolute atomic E-state index is 10.9. The van der Waals surface area contributed by atoms with E-state index in [-0.39, 0.29) is 6.61 Å². The minimum Gasteiger partial charge on any atom is -0.479 e. The fourth-order valence-electron chi connectivity index (χ4n) is 1.81. The van der Waals surface area contributed by atoms with Crippen molar-refractivity contribution in [2.24, 2.45) is 0 Å². The van der Waals surface area contributed by atoms with Crippen molar-refractivity contribution in [3.63, 3.8) is 0 Å². The number of hydrogen-bond acceptors (Lipinski definition) is 6. The molecule has 5 atom stereocenters. The molecule has 1 fully saturated rings. The van der Waals surface area contributed by atoms with Crippen molar-refractivity contribution in [1.29, 1.82) is 0 Å². The number of carboxylic acid groups (broad SMARTS) is 1. The molecule has 1 aliphatic heterocycles. The number of hydrogen-bond donors (Lipinski definition) is 4. The fraction of sp³-hybridized carbons (Fsp3) is 0.750. The van der Waals surface area contributed by atoms with Crippen molar-refractivity contribution in [3.8, 4) is 0 Å². The molecule has 7 heteroatoms. The third-order valence-electron chi connectivity index (χ3n) is 2.84. The molecule has 0 aromatic carbocycles. The van der Waals surface area contributed by atoms with Crippen LogP contribution in [-0.2, 0) is 14.3 Å². The maximum Gasteiger partial charge on any atom is 0.335 e. The molecule has 1 saturated heterocycles. The molecule has 0 amide bonds. The number of carbonyl (C=O) groups is 1. The Hall–Kier alpha value is -0.990. The van der Waals surface area contributed by atoms with Gasteiger partial charge in [-0.3, -0.25) is 0 Å². The Labute approximate surface area is 111 Å². The van der Waals surface area contributed by atoms with Gasteiger partial charge in [-0.15, -0.1) is 0 Å². The topological polar surface area (TPSA) is 116 Å². The zero-order chi connectivity index (χ0) is 14.6. The molecule has 110 valence electrons. The predicted molar refractivity (Wildman–Crippen MR) is 64.3 cm³/mol. The molecule has 4 N–H and O–H groups in total. The fourth-order valence-corrected chi connectivity index (χ4v) is 1.81. The molecular formula is C12H20O7. The summed E-state index contributed by atoms with van der Waals surface area (Å²) in [5, 5.41) is 37.6. The summed E-state index contributed by atoms with van der Waals surface area (Å²) in [7, 11) is 0. The summed E-state index contributed by atoms with van der Waals surface area (Å²) >= 11 is 0. The van der Waals surface area contributed by atoms with Crippen LogP contribution in [0.1, 0.15) is 20.3 Å². The third kappa shape index (κ3) is 3.99. The molecule has 0 saturated carbocycles. The van der Waals surface area contributed by atoms with Crippen molar-refractivity contribution >= 4 is 5.97 Å². The summed E-state index contributed by atoms with van der Waals surface area (Å²) in [6, 6.07) is 0. The average molecular weight is 276 g/mol. The summed E-state index contributed by atoms with van der Waals surface area (Å²) in [5.74, 6) is -1.42. The number of ether oxygens (including phenoxy) is 2. The van der Waals surface area contributed by atoms with Gasteiger partial charge in [-0.2, -0.15) is 0 Å². The third-order valence-corrected chi connectivity index (χ3v) is 2.84. The molecule has 0 aromatic rings. The number of aliphatic hydroxyl groups is 3. The predicted octanol–water partition coefficient (Wildman–Crippen LogP) is -0.749. The van der Waals surface area contributed by atoms with Crippen molar-refractivity contribution in [2.75, 3.05) is 6.61 Å². The van der Waals surface area contributed by atoms with Crippen molar-refractivity contribution in [3.05, 3.63) is 11.6 Å². The van der Waals surface area contributed by atoms with Crippen molar-refractivity contribution in [2.45, 2.75) is 51.0 Å². The van der Waals surface area contributed by atoms with Crippen molar-refractivity contribution < 1.29 is 34.7 Å². The van der Waals surface area contributed by atoms with Gasteiger partial charge in [0.1, 0.15) is 18.3 Å². The van der Waals surface area contributed by atoms with Gasteiger partial charge in [-0.1, -0.05) is 18.6 Å². The van der Waals surface area contributed by atoms with Crippen LogP contribution in [-0.4, -0.2) is 63.7 Å². The van der Waals surface area contributed by atoms with Gasteiger partial charge in [0.25, 0.3) is 0 Å². The van der Waals surface area contributed by atoms with E-state index in [4.69, 9.17) is 14.6 Å². The summed E-state index contributed by atoms with van der Waals surface area (Å²) in [4.78, 5) is 10.9. The van der Waals surface area contributed by atoms with Gasteiger partial charge in [-0.05, 0) is 13.3 Å². The van der Waals surface area contributed by atoms with Crippen LogP contribution >= 0.6 is 0 Å². The first-order valence-corrected chi connectivity index (χ1v) is 6.08. The van der Waals surface area contributed by atoms with E-state index >= 15 is 0 Å². The molecule has 1 aliphatic rings. The minimum atomic E-state index is -1.69. The zero-order valence-corrected chi connectivity index (χ0v) is 10.9. The van der Waals surface area contributed by atoms with Crippen LogP contribution in [0.25, 0.3) is 0 Å². The van der Waals surface area contributed by atoms with Crippen LogP contribution in [0.4, 0.5) is 0 Å². The van der Waals surface area contributed by atoms with Crippen LogP contribution in [0.2, 0.25) is 0 Å². The number of carboxylic acids is 1. The van der Waals surface area contributed by atoms with E-state index in [2.05, 4.69) is 0 Å². The first-order chi connectivity index (χ1) is 8.88. The van der Waals surface area contributed by atoms with E-state index in [1.54, 1.807) is 0 Å². The molecule has 19 heavy (non-hydrogen) atoms. The normalized spacial score (nSPS) is 36.3. The maximum atomic E-state index is 10.9. The van der Waals surface area contributed by atoms with Gasteiger partial charge in [0.2, 0.25) is 0 Å². The first kappa shape index (κ1) is 16.1. The van der Waals surface area contributed by atoms with Gasteiger partial charge >= 0.3 is 5.97 Å². The molecule has 0 spiro atoms. The molecule has 0 radical (unpaired) electrons. The Morgan fingerprint density at radius 1 is 1.26 bits per heavy atom. The summed E-state index contributed by atoms with van der Waals surface area (Å²) in [6.07, 6.45) is -5.01. The largest absolute Gasteiger partial charge is 0.479 e. The summed E-state index contributed by atoms with van der Waals surface area (Å²) in [6.45, 7) is 3.92. The molecule has 1 heterocycles. The standard InChI is InChI=1S/C12H20O7/c1-3-4-6(2)5-18-12-9(15)7(13)8(14)10(19-12)11(16)17/h4,7-10,12-15H,3,5H2,1-2H3,(H,16,17)/b6-4+. The molecule has 0 aromatic heterocycles. The van der Waals surface area contributed by atoms with Gasteiger partial charge in [0, 0.05) is 0 Å². The first-order valence-electron chi connectivity index (χ1n) is 6.08. The highest BCUT2D eigenvalue weighted by Gasteiger charge is 2.47. The lowest BCUT2D eigenvalue weighted by Crippen LogP contribution is -2.60. The molecule has 0 aliphatic carbocycles. The highest BCUT2D eigenvalue weighted by molar-refractivity contribution is 5.73. The van der Waals surface area contributed by atoms with Crippen LogP contribution in [0.3, 0.4) is 0 Å². The van der Waals surface area contributed by atoms with E-state index in [0.717, 1.165) is 12.0 Å². The SMILES string of the molecule is CC/C=C(\C)COC1OC(C(=O)O)C(O)C(O)C1O. The van der Waals surface area contributed by atoms with E-state index in [0.29, 0.717) is 0 Å². The second kappa shape index (κ2) is 6.97. The van der Waals surface area contributed by atoms with Crippen molar-refractivity contribution in [1.82, 2.24) is 0 Å². The van der Waals surface area contributed by atoms with Gasteiger partial charge in [0.15, 0.2) is 12.4 Å². The number of rotatable bonds is 5. The second-order valence-electron chi connectivity index (χ2n) is 4.50. The Kier molecular flexibility index (Phi) is 5.89. The lowest BCUT2D eigenvalue weighted by Gasteiger charge is -2.38. The van der Waals surface area contributed by atoms with E-state index in [1.165, 1.54) is 0 Å². The Morgan fingerprint density at radius 3 is 2.42 bits per heavy atom. The van der Waals surface area contributed by atoms with E-state index < -0.39 is 36.7 Å². The highest BCUT2D eigenvalue weighted by atomic mass is 16.7. The average Bonchev–Trinajstić information content (AvgIpc) is 2.35. The minimum absolute atomic E-state index is 0.144. The van der Waals surface area contributed by atoms with Gasteiger partial charge in [-0.25, -0.2) is 4.79 Å². The Bertz CT molecular complexity index is 341. The molecule has 7 nitrogen and oxygen atoms in total. The number of allylic oxidation sites excluding steroid dienone is 1. The van der Waals surface area contributed by atoms with Crippen LogP contribution < -0.4 is 0 Å². The molecule has 5 unspecified atom stereocenters. The molecule has 1 rings (SSSR count). The lowest BCUT2D eigenvalue weighted by atomic mass is 9.99. The lowest BCUT2D eigenvalue weighted by molar-refractivity contribution is -0.292. The summed E-state index contributed by atoms with van der Waals surface area (Å²) in [5.41, 5.74) is 0.894. The van der Waals surface area contributed by atoms with Gasteiger partial charge in [0.05, 0.1) is 6.61 Å². The van der Waals surface area contributed by atoms with Crippen LogP contribution in [0.15, 0.2) is 11.6 Å². The number of aliphatic hydroxyl groups excluding tert-OH is 3. The second-order valence-corrected chi connectivity index (χ2v) is 4.50. The number of aliphatic carboxylic acids is 1. The Balaban J connectivity index is 2.67. The van der Waals surface area contributed by atoms with Crippen LogP contribution in [0.5, 0.6) is 0 Å². The monoisotopic (exact) mass is 276 g/mol. The Morgan fingerprint density at radius 2 is 1.89 bits per heavy atom. The van der Waals surface area contributed by atoms with E-state index in [9.17, 15) is 20.1 Å². The van der Waals surface area contributed by atoms with E-state index in [1.807, 2.05) is 19.9 Å². The van der Waals surface area contributed by atoms with Crippen LogP contribution in [0, 0.1) is 0 Å². The highest BCUT2D eigenvalue weighted by Crippen LogP contribution is 2.22. The molecular weight excluding hydrogens is 256 g/mol. The quantitative estimate of drug-likeness (QED) is 0.488. The van der Waals surface area contributed by atoms with Gasteiger partial charge < -0.3 is 29.9 Å². The zero-order valence-electron chi connectivity index (χ0n) is 10.9. The smallest absolute Gasteiger partial charge is 0.335 e. The summed E-state index contributed by atoms with van der Waals surface area (Å²) < 4.78 is 10.2. The molecule has 0 bridgehead atoms.